The lowest BCUT2D eigenvalue weighted by Crippen LogP contribution is -2.29. The standard InChI is InChI=1S/C13H16N4O/c1-9-4-3-5-10(6-9)13(17-14)11-7-12(18-2)16-8-15-11/h3-8,13,17H,14H2,1-2H3. The summed E-state index contributed by atoms with van der Waals surface area (Å²) in [5.41, 5.74) is 5.77. The Kier molecular flexibility index (Phi) is 3.86. The van der Waals surface area contributed by atoms with Crippen molar-refractivity contribution in [2.75, 3.05) is 7.11 Å². The van der Waals surface area contributed by atoms with Gasteiger partial charge in [-0.3, -0.25) is 5.84 Å². The van der Waals surface area contributed by atoms with E-state index in [1.165, 1.54) is 11.9 Å². The summed E-state index contributed by atoms with van der Waals surface area (Å²) in [5, 5.41) is 0. The molecule has 3 N–H and O–H groups in total. The van der Waals surface area contributed by atoms with E-state index in [4.69, 9.17) is 10.6 Å². The van der Waals surface area contributed by atoms with Crippen LogP contribution in [0.1, 0.15) is 22.9 Å². The van der Waals surface area contributed by atoms with Crippen molar-refractivity contribution >= 4 is 0 Å². The zero-order chi connectivity index (χ0) is 13.0. The molecule has 0 aliphatic carbocycles. The van der Waals surface area contributed by atoms with Crippen LogP contribution in [0.5, 0.6) is 5.88 Å². The second-order valence-electron chi connectivity index (χ2n) is 4.00. The summed E-state index contributed by atoms with van der Waals surface area (Å²) in [5.74, 6) is 6.15. The fraction of sp³-hybridized carbons (Fsp3) is 0.231. The molecule has 0 fully saturated rings. The molecule has 5 nitrogen and oxygen atoms in total. The number of rotatable bonds is 4. The van der Waals surface area contributed by atoms with Crippen molar-refractivity contribution in [3.8, 4) is 5.88 Å². The number of hydrogen-bond donors (Lipinski definition) is 2. The number of hydrogen-bond acceptors (Lipinski definition) is 5. The molecule has 2 aromatic rings. The van der Waals surface area contributed by atoms with Gasteiger partial charge in [0.25, 0.3) is 0 Å². The van der Waals surface area contributed by atoms with Crippen molar-refractivity contribution in [2.45, 2.75) is 13.0 Å². The number of nitrogens with two attached hydrogens (primary N) is 1. The van der Waals surface area contributed by atoms with E-state index < -0.39 is 0 Å². The van der Waals surface area contributed by atoms with Crippen LogP contribution in [-0.2, 0) is 0 Å². The normalized spacial score (nSPS) is 12.2. The molecule has 0 spiro atoms. The molecule has 1 unspecified atom stereocenters. The van der Waals surface area contributed by atoms with E-state index in [1.54, 1.807) is 13.2 Å². The largest absolute Gasteiger partial charge is 0.481 e. The highest BCUT2D eigenvalue weighted by atomic mass is 16.5. The van der Waals surface area contributed by atoms with E-state index in [1.807, 2.05) is 25.1 Å². The Morgan fingerprint density at radius 2 is 2.11 bits per heavy atom. The van der Waals surface area contributed by atoms with E-state index in [-0.39, 0.29) is 6.04 Å². The lowest BCUT2D eigenvalue weighted by Gasteiger charge is -2.16. The number of aromatic nitrogens is 2. The first-order valence-corrected chi connectivity index (χ1v) is 5.63. The smallest absolute Gasteiger partial charge is 0.216 e. The summed E-state index contributed by atoms with van der Waals surface area (Å²) in [7, 11) is 1.57. The summed E-state index contributed by atoms with van der Waals surface area (Å²) in [6, 6.07) is 9.70. The third-order valence-corrected chi connectivity index (χ3v) is 2.71. The molecule has 0 bridgehead atoms. The molecule has 18 heavy (non-hydrogen) atoms. The Bertz CT molecular complexity index is 530. The van der Waals surface area contributed by atoms with Crippen LogP contribution in [0.15, 0.2) is 36.7 Å². The predicted molar refractivity (Wildman–Crippen MR) is 68.9 cm³/mol. The Morgan fingerprint density at radius 3 is 2.78 bits per heavy atom. The molecule has 1 aromatic heterocycles. The van der Waals surface area contributed by atoms with Gasteiger partial charge in [-0.15, -0.1) is 0 Å². The molecule has 0 radical (unpaired) electrons. The van der Waals surface area contributed by atoms with Gasteiger partial charge in [-0.25, -0.2) is 15.4 Å². The average molecular weight is 244 g/mol. The molecule has 5 heteroatoms. The van der Waals surface area contributed by atoms with Crippen molar-refractivity contribution in [1.29, 1.82) is 0 Å². The quantitative estimate of drug-likeness (QED) is 0.627. The average Bonchev–Trinajstić information content (AvgIpc) is 2.40. The maximum absolute atomic E-state index is 5.63. The fourth-order valence-corrected chi connectivity index (χ4v) is 1.83. The van der Waals surface area contributed by atoms with E-state index >= 15 is 0 Å². The van der Waals surface area contributed by atoms with Crippen LogP contribution in [0.4, 0.5) is 0 Å². The number of nitrogens with one attached hydrogen (secondary N) is 1. The molecule has 1 aromatic carbocycles. The topological polar surface area (TPSA) is 73.1 Å². The van der Waals surface area contributed by atoms with Gasteiger partial charge in [-0.2, -0.15) is 0 Å². The highest BCUT2D eigenvalue weighted by Crippen LogP contribution is 2.22. The van der Waals surface area contributed by atoms with Gasteiger partial charge in [0.15, 0.2) is 0 Å². The summed E-state index contributed by atoms with van der Waals surface area (Å²) in [6.45, 7) is 2.04. The molecular formula is C13H16N4O. The van der Waals surface area contributed by atoms with Crippen LogP contribution in [0.3, 0.4) is 0 Å². The lowest BCUT2D eigenvalue weighted by molar-refractivity contribution is 0.395. The van der Waals surface area contributed by atoms with Crippen LogP contribution in [0, 0.1) is 6.92 Å². The molecule has 0 aliphatic rings. The first kappa shape index (κ1) is 12.5. The van der Waals surface area contributed by atoms with Gasteiger partial charge in [-0.1, -0.05) is 29.8 Å². The van der Waals surface area contributed by atoms with E-state index in [9.17, 15) is 0 Å². The minimum absolute atomic E-state index is 0.179. The predicted octanol–water partition coefficient (Wildman–Crippen LogP) is 1.35. The minimum Gasteiger partial charge on any atom is -0.481 e. The van der Waals surface area contributed by atoms with Crippen LogP contribution >= 0.6 is 0 Å². The maximum atomic E-state index is 5.63. The summed E-state index contributed by atoms with van der Waals surface area (Å²) >= 11 is 0. The number of hydrazine groups is 1. The Balaban J connectivity index is 2.38. The lowest BCUT2D eigenvalue weighted by atomic mass is 10.0. The van der Waals surface area contributed by atoms with Crippen molar-refractivity contribution in [1.82, 2.24) is 15.4 Å². The third-order valence-electron chi connectivity index (χ3n) is 2.71. The van der Waals surface area contributed by atoms with Gasteiger partial charge in [0.05, 0.1) is 18.8 Å². The Hall–Kier alpha value is -1.98. The number of ether oxygens (including phenoxy) is 1. The maximum Gasteiger partial charge on any atom is 0.216 e. The fourth-order valence-electron chi connectivity index (χ4n) is 1.83. The SMILES string of the molecule is COc1cc(C(NN)c2cccc(C)c2)ncn1. The second kappa shape index (κ2) is 5.57. The highest BCUT2D eigenvalue weighted by molar-refractivity contribution is 5.31. The molecule has 0 saturated heterocycles. The van der Waals surface area contributed by atoms with Gasteiger partial charge in [0.2, 0.25) is 5.88 Å². The molecule has 0 saturated carbocycles. The van der Waals surface area contributed by atoms with Gasteiger partial charge in [0, 0.05) is 6.07 Å². The van der Waals surface area contributed by atoms with Gasteiger partial charge in [0.1, 0.15) is 6.33 Å². The van der Waals surface area contributed by atoms with E-state index in [0.29, 0.717) is 5.88 Å². The van der Waals surface area contributed by atoms with Crippen LogP contribution < -0.4 is 16.0 Å². The van der Waals surface area contributed by atoms with Crippen molar-refractivity contribution in [3.63, 3.8) is 0 Å². The minimum atomic E-state index is -0.179. The first-order chi connectivity index (χ1) is 8.74. The molecule has 0 amide bonds. The number of nitrogens with zero attached hydrogens (tertiary/aromatic N) is 2. The first-order valence-electron chi connectivity index (χ1n) is 5.63. The Labute approximate surface area is 106 Å². The van der Waals surface area contributed by atoms with Crippen LogP contribution in [0.25, 0.3) is 0 Å². The van der Waals surface area contributed by atoms with E-state index in [2.05, 4.69) is 21.5 Å². The number of methoxy groups -OCH3 is 1. The monoisotopic (exact) mass is 244 g/mol. The zero-order valence-electron chi connectivity index (χ0n) is 10.4. The molecular weight excluding hydrogens is 228 g/mol. The zero-order valence-corrected chi connectivity index (χ0v) is 10.4. The third kappa shape index (κ3) is 2.64. The summed E-state index contributed by atoms with van der Waals surface area (Å²) < 4.78 is 5.09. The highest BCUT2D eigenvalue weighted by Gasteiger charge is 2.14. The van der Waals surface area contributed by atoms with Crippen molar-refractivity contribution in [2.24, 2.45) is 5.84 Å². The number of benzene rings is 1. The molecule has 1 heterocycles. The second-order valence-corrected chi connectivity index (χ2v) is 4.00. The van der Waals surface area contributed by atoms with Crippen molar-refractivity contribution < 1.29 is 4.74 Å². The van der Waals surface area contributed by atoms with E-state index in [0.717, 1.165) is 11.3 Å². The van der Waals surface area contributed by atoms with Gasteiger partial charge >= 0.3 is 0 Å². The molecule has 0 aliphatic heterocycles. The molecule has 2 rings (SSSR count). The number of aryl methyl sites for hydroxylation is 1. The van der Waals surface area contributed by atoms with Crippen LogP contribution in [-0.4, -0.2) is 17.1 Å². The Morgan fingerprint density at radius 1 is 1.28 bits per heavy atom. The molecule has 1 atom stereocenters. The van der Waals surface area contributed by atoms with Crippen molar-refractivity contribution in [3.05, 3.63) is 53.5 Å². The van der Waals surface area contributed by atoms with Gasteiger partial charge < -0.3 is 4.74 Å². The molecule has 94 valence electrons. The van der Waals surface area contributed by atoms with Crippen LogP contribution in [0.2, 0.25) is 0 Å². The van der Waals surface area contributed by atoms with Gasteiger partial charge in [-0.05, 0) is 12.5 Å². The summed E-state index contributed by atoms with van der Waals surface area (Å²) in [6.07, 6.45) is 1.47. The summed E-state index contributed by atoms with van der Waals surface area (Å²) in [4.78, 5) is 8.21.